The van der Waals surface area contributed by atoms with Crippen LogP contribution < -0.4 is 10.5 Å². The van der Waals surface area contributed by atoms with Gasteiger partial charge in [0, 0.05) is 14.1 Å². The molecule has 0 radical (unpaired) electrons. The van der Waals surface area contributed by atoms with Crippen molar-refractivity contribution in [3.8, 4) is 5.75 Å². The number of sulfonamides is 1. The molecule has 0 aliphatic heterocycles. The van der Waals surface area contributed by atoms with Gasteiger partial charge in [-0.2, -0.15) is 0 Å². The zero-order chi connectivity index (χ0) is 15.9. The van der Waals surface area contributed by atoms with Crippen LogP contribution in [0, 0.1) is 0 Å². The molecule has 0 bridgehead atoms. The normalized spacial score (nSPS) is 11.8. The van der Waals surface area contributed by atoms with Gasteiger partial charge >= 0.3 is 0 Å². The van der Waals surface area contributed by atoms with Crippen LogP contribution in [0.5, 0.6) is 5.75 Å². The highest BCUT2D eigenvalue weighted by molar-refractivity contribution is 7.89. The molecule has 0 saturated heterocycles. The second-order valence-corrected chi connectivity index (χ2v) is 7.34. The number of hydrogen-bond acceptors (Lipinski definition) is 4. The van der Waals surface area contributed by atoms with Crippen LogP contribution in [0.1, 0.15) is 39.0 Å². The molecule has 1 aromatic carbocycles. The van der Waals surface area contributed by atoms with Crippen LogP contribution in [0.25, 0.3) is 0 Å². The maximum absolute atomic E-state index is 12.1. The lowest BCUT2D eigenvalue weighted by molar-refractivity contribution is 0.305. The average Bonchev–Trinajstić information content (AvgIpc) is 2.43. The monoisotopic (exact) mass is 314 g/mol. The predicted octanol–water partition coefficient (Wildman–Crippen LogP) is 2.87. The van der Waals surface area contributed by atoms with Gasteiger partial charge in [0.25, 0.3) is 0 Å². The number of nitrogen functional groups attached to an aromatic ring is 1. The Kier molecular flexibility index (Phi) is 6.98. The first kappa shape index (κ1) is 17.8. The first-order valence-electron chi connectivity index (χ1n) is 7.35. The van der Waals surface area contributed by atoms with Crippen LogP contribution >= 0.6 is 0 Å². The van der Waals surface area contributed by atoms with Crippen molar-refractivity contribution in [2.75, 3.05) is 26.4 Å². The number of benzene rings is 1. The zero-order valence-corrected chi connectivity index (χ0v) is 13.9. The van der Waals surface area contributed by atoms with Crippen LogP contribution in [0.3, 0.4) is 0 Å². The van der Waals surface area contributed by atoms with Crippen molar-refractivity contribution >= 4 is 15.7 Å². The van der Waals surface area contributed by atoms with Gasteiger partial charge in [-0.1, -0.05) is 38.7 Å². The molecule has 0 saturated carbocycles. The summed E-state index contributed by atoms with van der Waals surface area (Å²) in [5.41, 5.74) is 6.12. The molecule has 6 heteroatoms. The van der Waals surface area contributed by atoms with Crippen molar-refractivity contribution in [2.24, 2.45) is 0 Å². The van der Waals surface area contributed by atoms with Crippen LogP contribution in [0.15, 0.2) is 23.1 Å². The number of ether oxygens (including phenoxy) is 1. The molecule has 0 aliphatic carbocycles. The number of para-hydroxylation sites is 1. The third kappa shape index (κ3) is 4.89. The van der Waals surface area contributed by atoms with Gasteiger partial charge in [0.2, 0.25) is 10.0 Å². The Hall–Kier alpha value is -1.27. The molecular formula is C15H26N2O3S. The fourth-order valence-corrected chi connectivity index (χ4v) is 2.98. The lowest BCUT2D eigenvalue weighted by Gasteiger charge is -2.16. The summed E-state index contributed by atoms with van der Waals surface area (Å²) in [6.07, 6.45) is 5.70. The van der Waals surface area contributed by atoms with E-state index in [9.17, 15) is 8.42 Å². The largest absolute Gasteiger partial charge is 0.491 e. The van der Waals surface area contributed by atoms with Crippen molar-refractivity contribution in [3.63, 3.8) is 0 Å². The minimum absolute atomic E-state index is 0.0935. The van der Waals surface area contributed by atoms with Crippen molar-refractivity contribution in [2.45, 2.75) is 43.9 Å². The Morgan fingerprint density at radius 3 is 2.43 bits per heavy atom. The topological polar surface area (TPSA) is 72.6 Å². The average molecular weight is 314 g/mol. The van der Waals surface area contributed by atoms with E-state index in [0.717, 1.165) is 17.1 Å². The third-order valence-electron chi connectivity index (χ3n) is 3.29. The molecule has 120 valence electrons. The van der Waals surface area contributed by atoms with Crippen LogP contribution in [-0.2, 0) is 10.0 Å². The van der Waals surface area contributed by atoms with Gasteiger partial charge in [0.1, 0.15) is 10.6 Å². The lowest BCUT2D eigenvalue weighted by atomic mass is 10.2. The van der Waals surface area contributed by atoms with Gasteiger partial charge in [-0.25, -0.2) is 12.7 Å². The minimum Gasteiger partial charge on any atom is -0.491 e. The Bertz CT molecular complexity index is 542. The molecule has 1 rings (SSSR count). The Balaban J connectivity index is 2.69. The summed E-state index contributed by atoms with van der Waals surface area (Å²) < 4.78 is 31.1. The summed E-state index contributed by atoms with van der Waals surface area (Å²) in [7, 11) is -0.580. The lowest BCUT2D eigenvalue weighted by Crippen LogP contribution is -2.23. The number of rotatable bonds is 9. The van der Waals surface area contributed by atoms with E-state index in [1.165, 1.54) is 39.4 Å². The third-order valence-corrected chi connectivity index (χ3v) is 5.16. The smallest absolute Gasteiger partial charge is 0.244 e. The standard InChI is InChI=1S/C15H26N2O3S/c1-4-5-6-7-8-12-20-13-10-9-11-14(15(13)16)21(18,19)17(2)3/h9-11H,4-8,12,16H2,1-3H3. The van der Waals surface area contributed by atoms with Crippen molar-refractivity contribution in [3.05, 3.63) is 18.2 Å². The summed E-state index contributed by atoms with van der Waals surface area (Å²) >= 11 is 0. The molecule has 0 atom stereocenters. The molecule has 0 fully saturated rings. The maximum atomic E-state index is 12.1. The van der Waals surface area contributed by atoms with Gasteiger partial charge in [-0.05, 0) is 18.6 Å². The molecule has 0 amide bonds. The molecule has 2 N–H and O–H groups in total. The Labute approximate surface area is 128 Å². The highest BCUT2D eigenvalue weighted by Gasteiger charge is 2.22. The van der Waals surface area contributed by atoms with Crippen molar-refractivity contribution < 1.29 is 13.2 Å². The maximum Gasteiger partial charge on any atom is 0.244 e. The van der Waals surface area contributed by atoms with Crippen LogP contribution in [0.4, 0.5) is 5.69 Å². The molecule has 0 aromatic heterocycles. The van der Waals surface area contributed by atoms with Gasteiger partial charge in [-0.15, -0.1) is 0 Å². The summed E-state index contributed by atoms with van der Waals surface area (Å²) in [5.74, 6) is 0.438. The number of unbranched alkanes of at least 4 members (excludes halogenated alkanes) is 4. The van der Waals surface area contributed by atoms with Crippen LogP contribution in [-0.4, -0.2) is 33.4 Å². The molecule has 0 aliphatic rings. The van der Waals surface area contributed by atoms with Gasteiger partial charge < -0.3 is 10.5 Å². The summed E-state index contributed by atoms with van der Waals surface area (Å²) in [5, 5.41) is 0. The fraction of sp³-hybridized carbons (Fsp3) is 0.600. The molecule has 0 heterocycles. The summed E-state index contributed by atoms with van der Waals surface area (Å²) in [4.78, 5) is 0.0935. The number of hydrogen-bond donors (Lipinski definition) is 1. The van der Waals surface area contributed by atoms with E-state index in [0.29, 0.717) is 12.4 Å². The first-order valence-corrected chi connectivity index (χ1v) is 8.79. The van der Waals surface area contributed by atoms with Crippen molar-refractivity contribution in [1.29, 1.82) is 0 Å². The SMILES string of the molecule is CCCCCCCOc1cccc(S(=O)(=O)N(C)C)c1N. The van der Waals surface area contributed by atoms with E-state index in [2.05, 4.69) is 6.92 Å². The summed E-state index contributed by atoms with van der Waals surface area (Å²) in [6, 6.07) is 4.86. The van der Waals surface area contributed by atoms with Crippen molar-refractivity contribution in [1.82, 2.24) is 4.31 Å². The van der Waals surface area contributed by atoms with Crippen LogP contribution in [0.2, 0.25) is 0 Å². The zero-order valence-electron chi connectivity index (χ0n) is 13.1. The highest BCUT2D eigenvalue weighted by Crippen LogP contribution is 2.30. The van der Waals surface area contributed by atoms with Gasteiger partial charge in [0.15, 0.2) is 0 Å². The van der Waals surface area contributed by atoms with E-state index in [1.807, 2.05) is 0 Å². The van der Waals surface area contributed by atoms with Gasteiger partial charge in [-0.3, -0.25) is 0 Å². The molecule has 5 nitrogen and oxygen atoms in total. The predicted molar refractivity (Wildman–Crippen MR) is 86.0 cm³/mol. The number of anilines is 1. The van der Waals surface area contributed by atoms with E-state index < -0.39 is 10.0 Å². The summed E-state index contributed by atoms with van der Waals surface area (Å²) in [6.45, 7) is 2.73. The second-order valence-electron chi connectivity index (χ2n) is 5.22. The highest BCUT2D eigenvalue weighted by atomic mass is 32.2. The second kappa shape index (κ2) is 8.24. The molecule has 0 spiro atoms. The minimum atomic E-state index is -3.54. The van der Waals surface area contributed by atoms with E-state index >= 15 is 0 Å². The quantitative estimate of drug-likeness (QED) is 0.562. The number of nitrogens with two attached hydrogens (primary N) is 1. The molecule has 0 unspecified atom stereocenters. The first-order chi connectivity index (χ1) is 9.91. The fourth-order valence-electron chi connectivity index (χ4n) is 1.96. The van der Waals surface area contributed by atoms with E-state index in [1.54, 1.807) is 12.1 Å². The number of nitrogens with zero attached hydrogens (tertiary/aromatic N) is 1. The van der Waals surface area contributed by atoms with E-state index in [4.69, 9.17) is 10.5 Å². The van der Waals surface area contributed by atoms with E-state index in [-0.39, 0.29) is 10.6 Å². The molecule has 1 aromatic rings. The Morgan fingerprint density at radius 2 is 1.81 bits per heavy atom. The molecule has 21 heavy (non-hydrogen) atoms. The molecular weight excluding hydrogens is 288 g/mol. The Morgan fingerprint density at radius 1 is 1.14 bits per heavy atom. The van der Waals surface area contributed by atoms with Gasteiger partial charge in [0.05, 0.1) is 12.3 Å².